The van der Waals surface area contributed by atoms with Gasteiger partial charge >= 0.3 is 0 Å². The van der Waals surface area contributed by atoms with Crippen molar-refractivity contribution < 1.29 is 14.6 Å². The third kappa shape index (κ3) is 4.15. The van der Waals surface area contributed by atoms with Crippen LogP contribution in [0.3, 0.4) is 0 Å². The number of carbonyl (C=O) groups is 1. The molecule has 134 valence electrons. The molecule has 25 heavy (non-hydrogen) atoms. The maximum absolute atomic E-state index is 12.0. The van der Waals surface area contributed by atoms with Gasteiger partial charge in [-0.1, -0.05) is 32.6 Å². The number of nitrogens with zero attached hydrogens (tertiary/aromatic N) is 2. The van der Waals surface area contributed by atoms with Gasteiger partial charge in [0.2, 0.25) is 5.91 Å². The highest BCUT2D eigenvalue weighted by Gasteiger charge is 2.40. The molecule has 1 saturated heterocycles. The van der Waals surface area contributed by atoms with E-state index in [1.807, 2.05) is 18.2 Å². The molecule has 1 N–H and O–H groups in total. The first kappa shape index (κ1) is 17.8. The van der Waals surface area contributed by atoms with E-state index in [2.05, 4.69) is 37.5 Å². The van der Waals surface area contributed by atoms with Crippen LogP contribution in [0.1, 0.15) is 32.8 Å². The number of hydrogen-bond acceptors (Lipinski definition) is 4. The van der Waals surface area contributed by atoms with E-state index in [4.69, 9.17) is 4.74 Å². The number of carbonyl (C=O) groups excluding carboxylic acids is 1. The summed E-state index contributed by atoms with van der Waals surface area (Å²) in [6.07, 6.45) is 0.371. The lowest BCUT2D eigenvalue weighted by Gasteiger charge is -2.45. The smallest absolute Gasteiger partial charge is 0.230 e. The van der Waals surface area contributed by atoms with Crippen molar-refractivity contribution in [2.45, 2.75) is 32.8 Å². The third-order valence-electron chi connectivity index (χ3n) is 4.38. The van der Waals surface area contributed by atoms with Crippen molar-refractivity contribution in [2.24, 2.45) is 5.41 Å². The zero-order valence-corrected chi connectivity index (χ0v) is 15.4. The van der Waals surface area contributed by atoms with Gasteiger partial charge in [0, 0.05) is 32.2 Å². The highest BCUT2D eigenvalue weighted by molar-refractivity contribution is 5.95. The Morgan fingerprint density at radius 2 is 2.04 bits per heavy atom. The van der Waals surface area contributed by atoms with Crippen molar-refractivity contribution in [2.75, 3.05) is 38.2 Å². The molecule has 1 fully saturated rings. The number of benzene rings is 1. The standard InChI is InChI=1S/C20H26N2O3/c1-19(2,3)12-22-13-20(24,14-22)9-7-15-5-6-17-16(11-15)21(4)18(23)8-10-25-17/h5-6,11,24H,8,10,12-14H2,1-4H3. The molecule has 1 aromatic carbocycles. The lowest BCUT2D eigenvalue weighted by molar-refractivity contribution is -0.118. The summed E-state index contributed by atoms with van der Waals surface area (Å²) in [5, 5.41) is 10.5. The number of hydrogen-bond donors (Lipinski definition) is 1. The summed E-state index contributed by atoms with van der Waals surface area (Å²) in [7, 11) is 1.75. The van der Waals surface area contributed by atoms with Crippen molar-refractivity contribution in [3.63, 3.8) is 0 Å². The van der Waals surface area contributed by atoms with Crippen LogP contribution in [-0.4, -0.2) is 54.8 Å². The number of ether oxygens (including phenoxy) is 1. The van der Waals surface area contributed by atoms with E-state index in [-0.39, 0.29) is 11.3 Å². The van der Waals surface area contributed by atoms with Gasteiger partial charge in [0.15, 0.2) is 5.60 Å². The fourth-order valence-electron chi connectivity index (χ4n) is 3.27. The summed E-state index contributed by atoms with van der Waals surface area (Å²) in [6.45, 7) is 9.04. The Morgan fingerprint density at radius 1 is 1.32 bits per heavy atom. The van der Waals surface area contributed by atoms with E-state index in [0.717, 1.165) is 17.8 Å². The minimum atomic E-state index is -0.948. The second-order valence-electron chi connectivity index (χ2n) is 8.22. The van der Waals surface area contributed by atoms with Crippen LogP contribution in [0.5, 0.6) is 5.75 Å². The molecule has 2 aliphatic heterocycles. The van der Waals surface area contributed by atoms with Crippen molar-refractivity contribution in [1.82, 2.24) is 4.90 Å². The molecular weight excluding hydrogens is 316 g/mol. The molecule has 0 bridgehead atoms. The molecule has 0 aromatic heterocycles. The molecule has 5 heteroatoms. The topological polar surface area (TPSA) is 53.0 Å². The van der Waals surface area contributed by atoms with Gasteiger partial charge in [-0.05, 0) is 23.6 Å². The molecular formula is C20H26N2O3. The molecule has 2 heterocycles. The summed E-state index contributed by atoms with van der Waals surface area (Å²) >= 11 is 0. The molecule has 0 aliphatic carbocycles. The van der Waals surface area contributed by atoms with Crippen molar-refractivity contribution in [3.05, 3.63) is 23.8 Å². The second kappa shape index (κ2) is 6.36. The van der Waals surface area contributed by atoms with Crippen LogP contribution in [0.15, 0.2) is 18.2 Å². The maximum atomic E-state index is 12.0. The third-order valence-corrected chi connectivity index (χ3v) is 4.38. The van der Waals surface area contributed by atoms with Gasteiger partial charge in [-0.15, -0.1) is 0 Å². The highest BCUT2D eigenvalue weighted by Crippen LogP contribution is 2.31. The van der Waals surface area contributed by atoms with Crippen molar-refractivity contribution >= 4 is 11.6 Å². The summed E-state index contributed by atoms with van der Waals surface area (Å²) in [5.41, 5.74) is 0.759. The molecule has 0 unspecified atom stereocenters. The molecule has 1 aromatic rings. The molecule has 2 aliphatic rings. The van der Waals surface area contributed by atoms with Gasteiger partial charge in [-0.3, -0.25) is 9.69 Å². The number of fused-ring (bicyclic) bond motifs is 1. The number of anilines is 1. The van der Waals surface area contributed by atoms with Gasteiger partial charge in [0.05, 0.1) is 18.7 Å². The highest BCUT2D eigenvalue weighted by atomic mass is 16.5. The van der Waals surface area contributed by atoms with Crippen LogP contribution >= 0.6 is 0 Å². The van der Waals surface area contributed by atoms with Gasteiger partial charge in [-0.25, -0.2) is 0 Å². The Kier molecular flexibility index (Phi) is 4.52. The van der Waals surface area contributed by atoms with Crippen LogP contribution in [0.4, 0.5) is 5.69 Å². The summed E-state index contributed by atoms with van der Waals surface area (Å²) in [5.74, 6) is 6.77. The molecule has 0 spiro atoms. The van der Waals surface area contributed by atoms with Crippen LogP contribution in [0.25, 0.3) is 0 Å². The predicted octanol–water partition coefficient (Wildman–Crippen LogP) is 1.88. The van der Waals surface area contributed by atoms with Gasteiger partial charge < -0.3 is 14.7 Å². The van der Waals surface area contributed by atoms with Crippen LogP contribution < -0.4 is 9.64 Å². The van der Waals surface area contributed by atoms with Crippen LogP contribution in [-0.2, 0) is 4.79 Å². The van der Waals surface area contributed by atoms with E-state index in [1.165, 1.54) is 0 Å². The SMILES string of the molecule is CN1C(=O)CCOc2ccc(C#CC3(O)CN(CC(C)(C)C)C3)cc21. The molecule has 5 nitrogen and oxygen atoms in total. The predicted molar refractivity (Wildman–Crippen MR) is 97.7 cm³/mol. The Labute approximate surface area is 149 Å². The Bertz CT molecular complexity index is 734. The lowest BCUT2D eigenvalue weighted by Crippen LogP contribution is -2.62. The van der Waals surface area contributed by atoms with Crippen LogP contribution in [0.2, 0.25) is 0 Å². The van der Waals surface area contributed by atoms with Gasteiger partial charge in [0.1, 0.15) is 5.75 Å². The fourth-order valence-corrected chi connectivity index (χ4v) is 3.27. The van der Waals surface area contributed by atoms with E-state index >= 15 is 0 Å². The zero-order chi connectivity index (χ0) is 18.2. The average Bonchev–Trinajstić information content (AvgIpc) is 2.62. The Balaban J connectivity index is 1.72. The number of likely N-dealkylation sites (tertiary alicyclic amines) is 1. The molecule has 0 atom stereocenters. The summed E-state index contributed by atoms with van der Waals surface area (Å²) in [6, 6.07) is 5.55. The largest absolute Gasteiger partial charge is 0.491 e. The molecule has 3 rings (SSSR count). The first-order chi connectivity index (χ1) is 11.7. The van der Waals surface area contributed by atoms with Gasteiger partial charge in [0.25, 0.3) is 0 Å². The van der Waals surface area contributed by atoms with E-state index in [0.29, 0.717) is 31.9 Å². The van der Waals surface area contributed by atoms with Crippen molar-refractivity contribution in [3.8, 4) is 17.6 Å². The second-order valence-corrected chi connectivity index (χ2v) is 8.22. The first-order valence-electron chi connectivity index (χ1n) is 8.67. The maximum Gasteiger partial charge on any atom is 0.230 e. The normalized spacial score (nSPS) is 19.9. The monoisotopic (exact) mass is 342 g/mol. The average molecular weight is 342 g/mol. The lowest BCUT2D eigenvalue weighted by atomic mass is 9.89. The van der Waals surface area contributed by atoms with Crippen LogP contribution in [0, 0.1) is 17.3 Å². The molecule has 0 saturated carbocycles. The number of β-amino-alcohol motifs (C(OH)–C–C–N with tert-alkyl or cyclic N) is 1. The number of aliphatic hydroxyl groups is 1. The first-order valence-corrected chi connectivity index (χ1v) is 8.67. The molecule has 1 amide bonds. The minimum absolute atomic E-state index is 0.0271. The van der Waals surface area contributed by atoms with E-state index in [1.54, 1.807) is 11.9 Å². The zero-order valence-electron chi connectivity index (χ0n) is 15.4. The number of rotatable bonds is 1. The number of amides is 1. The van der Waals surface area contributed by atoms with E-state index in [9.17, 15) is 9.90 Å². The van der Waals surface area contributed by atoms with Gasteiger partial charge in [-0.2, -0.15) is 0 Å². The molecule has 0 radical (unpaired) electrons. The van der Waals surface area contributed by atoms with Crippen molar-refractivity contribution in [1.29, 1.82) is 0 Å². The fraction of sp³-hybridized carbons (Fsp3) is 0.550. The summed E-state index contributed by atoms with van der Waals surface area (Å²) in [4.78, 5) is 15.8. The summed E-state index contributed by atoms with van der Waals surface area (Å²) < 4.78 is 5.62. The van der Waals surface area contributed by atoms with E-state index < -0.39 is 5.60 Å². The quantitative estimate of drug-likeness (QED) is 0.792. The minimum Gasteiger partial charge on any atom is -0.491 e. The Morgan fingerprint density at radius 3 is 2.72 bits per heavy atom. The Hall–Kier alpha value is -2.03.